The molecule has 0 spiro atoms. The average Bonchev–Trinajstić information content (AvgIpc) is 2.94. The highest BCUT2D eigenvalue weighted by molar-refractivity contribution is 5.97. The number of benzene rings is 3. The number of aromatic nitrogens is 2. The molecule has 0 radical (unpaired) electrons. The Morgan fingerprint density at radius 1 is 0.811 bits per heavy atom. The maximum absolute atomic E-state index is 12.2. The molecular weight excluding hydrogens is 460 g/mol. The highest BCUT2D eigenvalue weighted by Crippen LogP contribution is 2.26. The van der Waals surface area contributed by atoms with Gasteiger partial charge in [0.15, 0.2) is 0 Å². The lowest BCUT2D eigenvalue weighted by Crippen LogP contribution is -2.11. The molecule has 0 unspecified atom stereocenters. The van der Waals surface area contributed by atoms with Crippen molar-refractivity contribution in [1.82, 2.24) is 9.97 Å². The quantitative estimate of drug-likeness (QED) is 0.213. The Hall–Kier alpha value is -3.83. The molecule has 0 fully saturated rings. The number of hydrogen-bond acceptors (Lipinski definition) is 5. The monoisotopic (exact) mass is 494 g/mol. The van der Waals surface area contributed by atoms with E-state index in [1.807, 2.05) is 43.3 Å². The lowest BCUT2D eigenvalue weighted by Gasteiger charge is -2.16. The van der Waals surface area contributed by atoms with Crippen molar-refractivity contribution in [3.05, 3.63) is 118 Å². The van der Waals surface area contributed by atoms with Crippen LogP contribution in [0.15, 0.2) is 78.9 Å². The van der Waals surface area contributed by atoms with E-state index in [9.17, 15) is 4.79 Å². The van der Waals surface area contributed by atoms with E-state index in [2.05, 4.69) is 43.3 Å². The molecule has 4 rings (SSSR count). The fraction of sp³-hybridized carbons (Fsp3) is 0.281. The van der Waals surface area contributed by atoms with Crippen molar-refractivity contribution in [2.45, 2.75) is 52.7 Å². The van der Waals surface area contributed by atoms with Gasteiger partial charge in [0.1, 0.15) is 5.82 Å². The first kappa shape index (κ1) is 26.2. The van der Waals surface area contributed by atoms with E-state index in [4.69, 9.17) is 19.4 Å². The molecule has 0 saturated carbocycles. The van der Waals surface area contributed by atoms with Gasteiger partial charge in [-0.1, -0.05) is 86.1 Å². The van der Waals surface area contributed by atoms with Crippen molar-refractivity contribution < 1.29 is 14.3 Å². The summed E-state index contributed by atoms with van der Waals surface area (Å²) in [6.07, 6.45) is 3.83. The molecule has 0 aliphatic carbocycles. The number of esters is 1. The normalized spacial score (nSPS) is 10.9. The zero-order valence-electron chi connectivity index (χ0n) is 21.9. The second-order valence-electron chi connectivity index (χ2n) is 9.14. The molecule has 4 aromatic rings. The summed E-state index contributed by atoms with van der Waals surface area (Å²) in [7, 11) is 1.41. The first-order valence-electron chi connectivity index (χ1n) is 12.8. The molecule has 37 heavy (non-hydrogen) atoms. The summed E-state index contributed by atoms with van der Waals surface area (Å²) in [5.74, 6) is 0.445. The van der Waals surface area contributed by atoms with Gasteiger partial charge in [-0.3, -0.25) is 0 Å². The molecule has 0 N–H and O–H groups in total. The molecular formula is C32H34N2O3. The molecule has 0 saturated heterocycles. The van der Waals surface area contributed by atoms with Crippen LogP contribution in [-0.4, -0.2) is 23.0 Å². The summed E-state index contributed by atoms with van der Waals surface area (Å²) in [5, 5.41) is 0. The van der Waals surface area contributed by atoms with Crippen LogP contribution >= 0.6 is 0 Å². The largest absolute Gasteiger partial charge is 0.465 e. The first-order chi connectivity index (χ1) is 18.1. The molecule has 0 atom stereocenters. The summed E-state index contributed by atoms with van der Waals surface area (Å²) >= 11 is 0. The number of hydrogen-bond donors (Lipinski definition) is 0. The van der Waals surface area contributed by atoms with Crippen LogP contribution in [0.2, 0.25) is 0 Å². The van der Waals surface area contributed by atoms with Crippen LogP contribution in [0, 0.1) is 6.92 Å². The number of ether oxygens (including phenoxy) is 2. The van der Waals surface area contributed by atoms with Crippen LogP contribution in [0.1, 0.15) is 64.0 Å². The van der Waals surface area contributed by atoms with Crippen LogP contribution in [0.5, 0.6) is 0 Å². The summed E-state index contributed by atoms with van der Waals surface area (Å²) < 4.78 is 11.1. The number of nitrogens with zero attached hydrogens (tertiary/aromatic N) is 2. The molecule has 0 aliphatic heterocycles. The Morgan fingerprint density at radius 2 is 1.51 bits per heavy atom. The molecule has 5 nitrogen and oxygen atoms in total. The van der Waals surface area contributed by atoms with Crippen LogP contribution in [0.4, 0.5) is 0 Å². The fourth-order valence-corrected chi connectivity index (χ4v) is 4.46. The van der Waals surface area contributed by atoms with Gasteiger partial charge in [-0.2, -0.15) is 0 Å². The van der Waals surface area contributed by atoms with E-state index >= 15 is 0 Å². The van der Waals surface area contributed by atoms with Gasteiger partial charge in [0.05, 0.1) is 31.6 Å². The molecule has 3 aromatic carbocycles. The lowest BCUT2D eigenvalue weighted by atomic mass is 9.95. The molecule has 0 amide bonds. The van der Waals surface area contributed by atoms with Crippen LogP contribution in [-0.2, 0) is 35.5 Å². The predicted molar refractivity (Wildman–Crippen MR) is 146 cm³/mol. The SMILES string of the molecule is CCCCc1nc(C)nc(COCc2ccccc2)c1Cc1ccc(-c2ccccc2C(=O)OC)cc1. The number of rotatable bonds is 11. The van der Waals surface area contributed by atoms with Gasteiger partial charge in [-0.05, 0) is 48.1 Å². The number of unbranched alkanes of at least 4 members (excludes halogenated alkanes) is 1. The number of methoxy groups -OCH3 is 1. The highest BCUT2D eigenvalue weighted by atomic mass is 16.5. The molecule has 5 heteroatoms. The van der Waals surface area contributed by atoms with Gasteiger partial charge >= 0.3 is 5.97 Å². The summed E-state index contributed by atoms with van der Waals surface area (Å²) in [4.78, 5) is 21.8. The number of aryl methyl sites for hydroxylation is 2. The zero-order chi connectivity index (χ0) is 26.0. The van der Waals surface area contributed by atoms with E-state index in [1.54, 1.807) is 6.07 Å². The van der Waals surface area contributed by atoms with E-state index in [-0.39, 0.29) is 5.97 Å². The minimum absolute atomic E-state index is 0.336. The Bertz CT molecular complexity index is 1320. The summed E-state index contributed by atoms with van der Waals surface area (Å²) in [6.45, 7) is 5.13. The van der Waals surface area contributed by atoms with Crippen molar-refractivity contribution in [1.29, 1.82) is 0 Å². The van der Waals surface area contributed by atoms with E-state index in [0.29, 0.717) is 18.8 Å². The lowest BCUT2D eigenvalue weighted by molar-refractivity contribution is 0.0601. The third-order valence-electron chi connectivity index (χ3n) is 6.39. The first-order valence-corrected chi connectivity index (χ1v) is 12.8. The van der Waals surface area contributed by atoms with Gasteiger partial charge in [0.25, 0.3) is 0 Å². The Labute approximate surface area is 219 Å². The van der Waals surface area contributed by atoms with E-state index < -0.39 is 0 Å². The van der Waals surface area contributed by atoms with Crippen molar-refractivity contribution >= 4 is 5.97 Å². The Kier molecular flexibility index (Phi) is 9.17. The van der Waals surface area contributed by atoms with Gasteiger partial charge in [0, 0.05) is 17.7 Å². The van der Waals surface area contributed by atoms with Crippen molar-refractivity contribution in [2.24, 2.45) is 0 Å². The van der Waals surface area contributed by atoms with Crippen molar-refractivity contribution in [3.8, 4) is 11.1 Å². The maximum atomic E-state index is 12.2. The summed E-state index contributed by atoms with van der Waals surface area (Å²) in [6, 6.07) is 26.1. The zero-order valence-corrected chi connectivity index (χ0v) is 21.9. The molecule has 1 aromatic heterocycles. The molecule has 1 heterocycles. The minimum atomic E-state index is -0.336. The number of carbonyl (C=O) groups excluding carboxylic acids is 1. The third-order valence-corrected chi connectivity index (χ3v) is 6.39. The second kappa shape index (κ2) is 12.9. The van der Waals surface area contributed by atoms with Gasteiger partial charge in [0.2, 0.25) is 0 Å². The molecule has 0 bridgehead atoms. The van der Waals surface area contributed by atoms with Crippen LogP contribution in [0.3, 0.4) is 0 Å². The third kappa shape index (κ3) is 6.89. The highest BCUT2D eigenvalue weighted by Gasteiger charge is 2.16. The molecule has 0 aliphatic rings. The Balaban J connectivity index is 1.59. The standard InChI is InChI=1S/C32H34N2O3/c1-4-5-15-30-29(31(34-23(2)33-30)22-37-21-25-11-7-6-8-12-25)20-24-16-18-26(19-17-24)27-13-9-10-14-28(27)32(35)36-3/h6-14,16-19H,4-5,15,20-22H2,1-3H3. The Morgan fingerprint density at radius 3 is 2.24 bits per heavy atom. The van der Waals surface area contributed by atoms with E-state index in [0.717, 1.165) is 70.7 Å². The van der Waals surface area contributed by atoms with Crippen LogP contribution in [0.25, 0.3) is 11.1 Å². The smallest absolute Gasteiger partial charge is 0.338 e. The van der Waals surface area contributed by atoms with Gasteiger partial charge in [-0.15, -0.1) is 0 Å². The van der Waals surface area contributed by atoms with Gasteiger partial charge in [-0.25, -0.2) is 14.8 Å². The van der Waals surface area contributed by atoms with Crippen LogP contribution < -0.4 is 0 Å². The molecule has 190 valence electrons. The fourth-order valence-electron chi connectivity index (χ4n) is 4.46. The number of carbonyl (C=O) groups is 1. The summed E-state index contributed by atoms with van der Waals surface area (Å²) in [5.41, 5.74) is 7.90. The van der Waals surface area contributed by atoms with Gasteiger partial charge < -0.3 is 9.47 Å². The average molecular weight is 495 g/mol. The maximum Gasteiger partial charge on any atom is 0.338 e. The topological polar surface area (TPSA) is 61.3 Å². The predicted octanol–water partition coefficient (Wildman–Crippen LogP) is 6.89. The van der Waals surface area contributed by atoms with Crippen molar-refractivity contribution in [2.75, 3.05) is 7.11 Å². The van der Waals surface area contributed by atoms with Crippen molar-refractivity contribution in [3.63, 3.8) is 0 Å². The van der Waals surface area contributed by atoms with E-state index in [1.165, 1.54) is 7.11 Å². The minimum Gasteiger partial charge on any atom is -0.465 e. The second-order valence-corrected chi connectivity index (χ2v) is 9.14.